The molecule has 18 heavy (non-hydrogen) atoms. The largest absolute Gasteiger partial charge is 0.388 e. The number of aliphatic hydroxyl groups is 1. The average molecular weight is 249 g/mol. The summed E-state index contributed by atoms with van der Waals surface area (Å²) in [6.07, 6.45) is 1.49. The van der Waals surface area contributed by atoms with Crippen LogP contribution >= 0.6 is 0 Å². The van der Waals surface area contributed by atoms with Crippen molar-refractivity contribution in [3.05, 3.63) is 35.4 Å². The summed E-state index contributed by atoms with van der Waals surface area (Å²) < 4.78 is 5.84. The van der Waals surface area contributed by atoms with Gasteiger partial charge in [-0.25, -0.2) is 0 Å². The molecule has 0 saturated carbocycles. The Labute approximate surface area is 109 Å². The maximum absolute atomic E-state index is 10.6. The van der Waals surface area contributed by atoms with Crippen molar-refractivity contribution in [2.45, 2.75) is 38.4 Å². The van der Waals surface area contributed by atoms with Crippen LogP contribution in [0.1, 0.15) is 37.5 Å². The van der Waals surface area contributed by atoms with Gasteiger partial charge in [-0.05, 0) is 23.5 Å². The van der Waals surface area contributed by atoms with Gasteiger partial charge in [0.1, 0.15) is 0 Å². The standard InChI is InChI=1S/C15H23NO2/c1-11(2)15(17,10-16)9-14-13-6-4-3-5-12(13)7-8-18-14/h3-6,11,14,17H,7-10,16H2,1-2H3. The topological polar surface area (TPSA) is 55.5 Å². The van der Waals surface area contributed by atoms with Crippen LogP contribution in [-0.2, 0) is 11.2 Å². The van der Waals surface area contributed by atoms with Gasteiger partial charge in [-0.3, -0.25) is 0 Å². The van der Waals surface area contributed by atoms with E-state index < -0.39 is 5.60 Å². The molecule has 0 aromatic heterocycles. The lowest BCUT2D eigenvalue weighted by atomic mass is 9.82. The van der Waals surface area contributed by atoms with E-state index in [0.717, 1.165) is 13.0 Å². The van der Waals surface area contributed by atoms with Gasteiger partial charge in [0, 0.05) is 13.0 Å². The summed E-state index contributed by atoms with van der Waals surface area (Å²) in [5.41, 5.74) is 7.42. The predicted molar refractivity (Wildman–Crippen MR) is 72.3 cm³/mol. The molecule has 0 aliphatic carbocycles. The van der Waals surface area contributed by atoms with Gasteiger partial charge in [0.15, 0.2) is 0 Å². The molecule has 0 bridgehead atoms. The summed E-state index contributed by atoms with van der Waals surface area (Å²) in [5.74, 6) is 0.125. The van der Waals surface area contributed by atoms with Crippen LogP contribution in [0.2, 0.25) is 0 Å². The monoisotopic (exact) mass is 249 g/mol. The average Bonchev–Trinajstić information content (AvgIpc) is 2.39. The van der Waals surface area contributed by atoms with Gasteiger partial charge in [-0.2, -0.15) is 0 Å². The lowest BCUT2D eigenvalue weighted by molar-refractivity contribution is -0.0651. The molecule has 1 aromatic rings. The fourth-order valence-electron chi connectivity index (χ4n) is 2.52. The quantitative estimate of drug-likeness (QED) is 0.858. The molecule has 0 fully saturated rings. The lowest BCUT2D eigenvalue weighted by Crippen LogP contribution is -2.44. The number of ether oxygens (including phenoxy) is 1. The van der Waals surface area contributed by atoms with Crippen LogP contribution in [0.15, 0.2) is 24.3 Å². The van der Waals surface area contributed by atoms with Gasteiger partial charge in [0.2, 0.25) is 0 Å². The van der Waals surface area contributed by atoms with E-state index in [0.29, 0.717) is 6.42 Å². The molecule has 3 nitrogen and oxygen atoms in total. The van der Waals surface area contributed by atoms with Crippen molar-refractivity contribution in [1.29, 1.82) is 0 Å². The highest BCUT2D eigenvalue weighted by Gasteiger charge is 2.35. The van der Waals surface area contributed by atoms with Crippen LogP contribution < -0.4 is 5.73 Å². The van der Waals surface area contributed by atoms with E-state index in [2.05, 4.69) is 18.2 Å². The third-order valence-corrected chi connectivity index (χ3v) is 4.06. The zero-order chi connectivity index (χ0) is 13.2. The van der Waals surface area contributed by atoms with Crippen LogP contribution in [0.5, 0.6) is 0 Å². The third kappa shape index (κ3) is 2.58. The fourth-order valence-corrected chi connectivity index (χ4v) is 2.52. The minimum Gasteiger partial charge on any atom is -0.388 e. The second kappa shape index (κ2) is 5.39. The number of nitrogens with two attached hydrogens (primary N) is 1. The summed E-state index contributed by atoms with van der Waals surface area (Å²) in [5, 5.41) is 10.6. The molecular weight excluding hydrogens is 226 g/mol. The highest BCUT2D eigenvalue weighted by Crippen LogP contribution is 2.35. The van der Waals surface area contributed by atoms with Crippen molar-refractivity contribution in [2.75, 3.05) is 13.2 Å². The summed E-state index contributed by atoms with van der Waals surface area (Å²) in [7, 11) is 0. The molecular formula is C15H23NO2. The number of benzene rings is 1. The molecule has 3 heteroatoms. The van der Waals surface area contributed by atoms with Crippen LogP contribution in [0.3, 0.4) is 0 Å². The van der Waals surface area contributed by atoms with Gasteiger partial charge < -0.3 is 15.6 Å². The van der Waals surface area contributed by atoms with Crippen molar-refractivity contribution in [3.63, 3.8) is 0 Å². The Bertz CT molecular complexity index is 405. The zero-order valence-electron chi connectivity index (χ0n) is 11.2. The molecule has 100 valence electrons. The summed E-state index contributed by atoms with van der Waals surface area (Å²) >= 11 is 0. The first-order valence-electron chi connectivity index (χ1n) is 6.68. The van der Waals surface area contributed by atoms with Crippen LogP contribution in [0, 0.1) is 5.92 Å². The molecule has 1 aliphatic heterocycles. The third-order valence-electron chi connectivity index (χ3n) is 4.06. The SMILES string of the molecule is CC(C)C(O)(CN)CC1OCCc2ccccc21. The Hall–Kier alpha value is -0.900. The van der Waals surface area contributed by atoms with Gasteiger partial charge in [-0.15, -0.1) is 0 Å². The van der Waals surface area contributed by atoms with E-state index in [1.807, 2.05) is 19.9 Å². The van der Waals surface area contributed by atoms with Gasteiger partial charge in [0.25, 0.3) is 0 Å². The Kier molecular flexibility index (Phi) is 4.05. The lowest BCUT2D eigenvalue weighted by Gasteiger charge is -2.36. The first-order chi connectivity index (χ1) is 8.57. The van der Waals surface area contributed by atoms with Gasteiger partial charge >= 0.3 is 0 Å². The first kappa shape index (κ1) is 13.5. The fraction of sp³-hybridized carbons (Fsp3) is 0.600. The molecule has 0 radical (unpaired) electrons. The Morgan fingerprint density at radius 2 is 2.17 bits per heavy atom. The van der Waals surface area contributed by atoms with Gasteiger partial charge in [0.05, 0.1) is 18.3 Å². The van der Waals surface area contributed by atoms with E-state index in [1.54, 1.807) is 0 Å². The van der Waals surface area contributed by atoms with E-state index in [1.165, 1.54) is 11.1 Å². The summed E-state index contributed by atoms with van der Waals surface area (Å²) in [6, 6.07) is 8.31. The van der Waals surface area contributed by atoms with Crippen molar-refractivity contribution >= 4 is 0 Å². The Morgan fingerprint density at radius 3 is 2.83 bits per heavy atom. The van der Waals surface area contributed by atoms with Crippen LogP contribution in [0.4, 0.5) is 0 Å². The van der Waals surface area contributed by atoms with E-state index in [9.17, 15) is 5.11 Å². The molecule has 1 heterocycles. The summed E-state index contributed by atoms with van der Waals surface area (Å²) in [4.78, 5) is 0. The van der Waals surface area contributed by atoms with E-state index in [4.69, 9.17) is 10.5 Å². The van der Waals surface area contributed by atoms with Crippen molar-refractivity contribution < 1.29 is 9.84 Å². The second-order valence-corrected chi connectivity index (χ2v) is 5.47. The molecule has 2 rings (SSSR count). The molecule has 1 aromatic carbocycles. The van der Waals surface area contributed by atoms with E-state index >= 15 is 0 Å². The summed E-state index contributed by atoms with van der Waals surface area (Å²) in [6.45, 7) is 5.00. The highest BCUT2D eigenvalue weighted by atomic mass is 16.5. The second-order valence-electron chi connectivity index (χ2n) is 5.47. The number of fused-ring (bicyclic) bond motifs is 1. The van der Waals surface area contributed by atoms with Crippen molar-refractivity contribution in [1.82, 2.24) is 0 Å². The van der Waals surface area contributed by atoms with Crippen LogP contribution in [-0.4, -0.2) is 23.9 Å². The molecule has 2 unspecified atom stereocenters. The number of rotatable bonds is 4. The minimum absolute atomic E-state index is 0.0362. The molecule has 2 atom stereocenters. The Balaban J connectivity index is 2.21. The highest BCUT2D eigenvalue weighted by molar-refractivity contribution is 5.31. The molecule has 0 amide bonds. The minimum atomic E-state index is -0.852. The van der Waals surface area contributed by atoms with Crippen LogP contribution in [0.25, 0.3) is 0 Å². The molecule has 0 spiro atoms. The number of hydrogen-bond acceptors (Lipinski definition) is 3. The molecule has 0 saturated heterocycles. The van der Waals surface area contributed by atoms with E-state index in [-0.39, 0.29) is 18.6 Å². The number of hydrogen-bond donors (Lipinski definition) is 2. The molecule has 1 aliphatic rings. The van der Waals surface area contributed by atoms with Crippen molar-refractivity contribution in [3.8, 4) is 0 Å². The Morgan fingerprint density at radius 1 is 1.44 bits per heavy atom. The maximum atomic E-state index is 10.6. The van der Waals surface area contributed by atoms with Crippen molar-refractivity contribution in [2.24, 2.45) is 11.7 Å². The first-order valence-corrected chi connectivity index (χ1v) is 6.68. The maximum Gasteiger partial charge on any atom is 0.0855 e. The normalized spacial score (nSPS) is 22.6. The predicted octanol–water partition coefficient (Wildman–Crippen LogP) is 2.04. The van der Waals surface area contributed by atoms with Gasteiger partial charge in [-0.1, -0.05) is 38.1 Å². The smallest absolute Gasteiger partial charge is 0.0855 e. The zero-order valence-corrected chi connectivity index (χ0v) is 11.2. The molecule has 3 N–H and O–H groups in total.